The Labute approximate surface area is 206 Å². The van der Waals surface area contributed by atoms with Gasteiger partial charge in [-0.15, -0.1) is 16.4 Å². The molecule has 180 valence electrons. The van der Waals surface area contributed by atoms with Gasteiger partial charge in [-0.1, -0.05) is 17.3 Å². The number of hydrogen-bond acceptors (Lipinski definition) is 8. The highest BCUT2D eigenvalue weighted by Gasteiger charge is 2.55. The molecule has 3 aromatic heterocycles. The summed E-state index contributed by atoms with van der Waals surface area (Å²) in [5.41, 5.74) is 2.53. The Kier molecular flexibility index (Phi) is 5.34. The molecule has 0 atom stereocenters. The van der Waals surface area contributed by atoms with Gasteiger partial charge in [0.15, 0.2) is 0 Å². The van der Waals surface area contributed by atoms with Crippen molar-refractivity contribution in [2.24, 2.45) is 11.8 Å². The standard InChI is InChI=1S/C26H26N4O4S/c1-33-22-10-4-16(12-27-22)23-19-9-3-15(11-20(19)35-24(23)25(31)34-2)13-30-14-21(28-29-30)26(32,17-5-6-17)18-7-8-18/h3-4,9-12,14,17-18,32H,5-8,13H2,1-2H3. The summed E-state index contributed by atoms with van der Waals surface area (Å²) in [5, 5.41) is 21.0. The SMILES string of the molecule is COC(=O)c1sc2cc(Cn3cc(C(O)(C4CC4)C4CC4)nn3)ccc2c1-c1ccc(OC)nc1. The number of benzene rings is 1. The third-order valence-electron chi connectivity index (χ3n) is 7.05. The highest BCUT2D eigenvalue weighted by molar-refractivity contribution is 7.21. The highest BCUT2D eigenvalue weighted by Crippen LogP contribution is 2.56. The number of carbonyl (C=O) groups excluding carboxylic acids is 1. The molecule has 4 aromatic rings. The number of rotatable bonds is 8. The third-order valence-corrected chi connectivity index (χ3v) is 8.19. The van der Waals surface area contributed by atoms with E-state index < -0.39 is 5.60 Å². The summed E-state index contributed by atoms with van der Waals surface area (Å²) in [4.78, 5) is 17.4. The smallest absolute Gasteiger partial charge is 0.348 e. The van der Waals surface area contributed by atoms with Crippen molar-refractivity contribution in [2.45, 2.75) is 37.8 Å². The monoisotopic (exact) mass is 490 g/mol. The van der Waals surface area contributed by atoms with Gasteiger partial charge in [-0.3, -0.25) is 0 Å². The summed E-state index contributed by atoms with van der Waals surface area (Å²) in [5.74, 6) is 0.757. The lowest BCUT2D eigenvalue weighted by Crippen LogP contribution is -2.31. The van der Waals surface area contributed by atoms with Crippen LogP contribution in [0.4, 0.5) is 0 Å². The molecule has 35 heavy (non-hydrogen) atoms. The molecule has 0 radical (unpaired) electrons. The van der Waals surface area contributed by atoms with E-state index in [0.717, 1.165) is 52.5 Å². The van der Waals surface area contributed by atoms with Crippen molar-refractivity contribution in [3.05, 3.63) is 58.9 Å². The van der Waals surface area contributed by atoms with Gasteiger partial charge < -0.3 is 14.6 Å². The van der Waals surface area contributed by atoms with Crippen molar-refractivity contribution >= 4 is 27.4 Å². The second-order valence-electron chi connectivity index (χ2n) is 9.39. The predicted octanol–water partition coefficient (Wildman–Crippen LogP) is 4.41. The summed E-state index contributed by atoms with van der Waals surface area (Å²) < 4.78 is 13.0. The van der Waals surface area contributed by atoms with E-state index in [1.807, 2.05) is 24.4 Å². The number of aromatic nitrogens is 4. The first kappa shape index (κ1) is 22.2. The van der Waals surface area contributed by atoms with Gasteiger partial charge in [-0.05, 0) is 55.2 Å². The first-order valence-corrected chi connectivity index (χ1v) is 12.6. The highest BCUT2D eigenvalue weighted by atomic mass is 32.1. The van der Waals surface area contributed by atoms with E-state index in [-0.39, 0.29) is 5.97 Å². The quantitative estimate of drug-likeness (QED) is 0.365. The number of carbonyl (C=O) groups is 1. The van der Waals surface area contributed by atoms with E-state index >= 15 is 0 Å². The Bertz CT molecular complexity index is 1390. The van der Waals surface area contributed by atoms with E-state index in [4.69, 9.17) is 9.47 Å². The van der Waals surface area contributed by atoms with Crippen LogP contribution >= 0.6 is 11.3 Å². The third kappa shape index (κ3) is 3.88. The van der Waals surface area contributed by atoms with Crippen LogP contribution in [0.5, 0.6) is 5.88 Å². The molecule has 2 aliphatic carbocycles. The van der Waals surface area contributed by atoms with Crippen LogP contribution in [0.15, 0.2) is 42.7 Å². The average molecular weight is 491 g/mol. The minimum atomic E-state index is -0.827. The molecule has 0 saturated heterocycles. The van der Waals surface area contributed by atoms with Crippen molar-refractivity contribution in [1.29, 1.82) is 0 Å². The number of hydrogen-bond donors (Lipinski definition) is 1. The molecule has 2 aliphatic rings. The lowest BCUT2D eigenvalue weighted by Gasteiger charge is -2.25. The van der Waals surface area contributed by atoms with Crippen LogP contribution in [-0.4, -0.2) is 45.3 Å². The fraction of sp³-hybridized carbons (Fsp3) is 0.385. The number of fused-ring (bicyclic) bond motifs is 1. The number of ether oxygens (including phenoxy) is 2. The molecular formula is C26H26N4O4S. The molecule has 0 unspecified atom stereocenters. The molecule has 0 amide bonds. The Morgan fingerprint density at radius 1 is 1.17 bits per heavy atom. The van der Waals surface area contributed by atoms with Crippen LogP contribution in [0.3, 0.4) is 0 Å². The first-order chi connectivity index (χ1) is 17.0. The van der Waals surface area contributed by atoms with Gasteiger partial charge in [-0.2, -0.15) is 0 Å². The van der Waals surface area contributed by atoms with E-state index in [1.165, 1.54) is 18.4 Å². The van der Waals surface area contributed by atoms with E-state index in [2.05, 4.69) is 21.4 Å². The lowest BCUT2D eigenvalue weighted by atomic mass is 9.89. The molecule has 0 bridgehead atoms. The Morgan fingerprint density at radius 3 is 2.57 bits per heavy atom. The van der Waals surface area contributed by atoms with Crippen LogP contribution in [0.25, 0.3) is 21.2 Å². The zero-order valence-electron chi connectivity index (χ0n) is 19.6. The van der Waals surface area contributed by atoms with Crippen LogP contribution in [0.2, 0.25) is 0 Å². The summed E-state index contributed by atoms with van der Waals surface area (Å²) in [6.07, 6.45) is 7.84. The van der Waals surface area contributed by atoms with Crippen LogP contribution < -0.4 is 4.74 Å². The van der Waals surface area contributed by atoms with Crippen molar-refractivity contribution < 1.29 is 19.4 Å². The van der Waals surface area contributed by atoms with Gasteiger partial charge in [-0.25, -0.2) is 14.5 Å². The van der Waals surface area contributed by atoms with Crippen LogP contribution in [-0.2, 0) is 16.9 Å². The zero-order valence-corrected chi connectivity index (χ0v) is 20.4. The van der Waals surface area contributed by atoms with E-state index in [1.54, 1.807) is 24.1 Å². The molecule has 9 heteroatoms. The maximum atomic E-state index is 12.6. The Balaban J connectivity index is 1.33. The van der Waals surface area contributed by atoms with Crippen molar-refractivity contribution in [2.75, 3.05) is 14.2 Å². The minimum absolute atomic E-state index is 0.310. The van der Waals surface area contributed by atoms with Crippen molar-refractivity contribution in [3.63, 3.8) is 0 Å². The molecule has 0 spiro atoms. The minimum Gasteiger partial charge on any atom is -0.481 e. The molecule has 1 aromatic carbocycles. The number of aliphatic hydroxyl groups is 1. The predicted molar refractivity (Wildman–Crippen MR) is 131 cm³/mol. The Hall–Kier alpha value is -3.30. The largest absolute Gasteiger partial charge is 0.481 e. The van der Waals surface area contributed by atoms with E-state index in [0.29, 0.717) is 34.8 Å². The first-order valence-electron chi connectivity index (χ1n) is 11.8. The number of esters is 1. The molecule has 2 fully saturated rings. The average Bonchev–Trinajstić information content (AvgIpc) is 3.82. The maximum absolute atomic E-state index is 12.6. The molecule has 1 N–H and O–H groups in total. The number of thiophene rings is 1. The fourth-order valence-electron chi connectivity index (χ4n) is 4.96. The Morgan fingerprint density at radius 2 is 1.94 bits per heavy atom. The zero-order chi connectivity index (χ0) is 24.2. The van der Waals surface area contributed by atoms with Crippen LogP contribution in [0, 0.1) is 11.8 Å². The van der Waals surface area contributed by atoms with Gasteiger partial charge in [0.25, 0.3) is 0 Å². The fourth-order valence-corrected chi connectivity index (χ4v) is 6.16. The number of methoxy groups -OCH3 is 2. The summed E-state index contributed by atoms with van der Waals surface area (Å²) >= 11 is 1.40. The molecular weight excluding hydrogens is 464 g/mol. The summed E-state index contributed by atoms with van der Waals surface area (Å²) in [7, 11) is 2.96. The van der Waals surface area contributed by atoms with Gasteiger partial charge in [0.05, 0.1) is 27.0 Å². The second kappa shape index (κ2) is 8.42. The van der Waals surface area contributed by atoms with Gasteiger partial charge in [0, 0.05) is 33.5 Å². The van der Waals surface area contributed by atoms with Gasteiger partial charge in [0.1, 0.15) is 16.2 Å². The molecule has 2 saturated carbocycles. The number of pyridine rings is 1. The maximum Gasteiger partial charge on any atom is 0.348 e. The second-order valence-corrected chi connectivity index (χ2v) is 10.4. The van der Waals surface area contributed by atoms with Crippen molar-refractivity contribution in [3.8, 4) is 17.0 Å². The normalized spacial score (nSPS) is 16.0. The molecule has 3 heterocycles. The van der Waals surface area contributed by atoms with Crippen molar-refractivity contribution in [1.82, 2.24) is 20.0 Å². The number of nitrogens with zero attached hydrogens (tertiary/aromatic N) is 4. The summed E-state index contributed by atoms with van der Waals surface area (Å²) in [6.45, 7) is 0.527. The topological polar surface area (TPSA) is 99.4 Å². The molecule has 8 nitrogen and oxygen atoms in total. The van der Waals surface area contributed by atoms with E-state index in [9.17, 15) is 9.90 Å². The van der Waals surface area contributed by atoms with Gasteiger partial charge >= 0.3 is 5.97 Å². The summed E-state index contributed by atoms with van der Waals surface area (Å²) in [6, 6.07) is 9.80. The van der Waals surface area contributed by atoms with Gasteiger partial charge in [0.2, 0.25) is 5.88 Å². The molecule has 6 rings (SSSR count). The molecule has 0 aliphatic heterocycles. The van der Waals surface area contributed by atoms with Crippen LogP contribution in [0.1, 0.15) is 46.6 Å². The lowest BCUT2D eigenvalue weighted by molar-refractivity contribution is -0.0144.